The van der Waals surface area contributed by atoms with Crippen LogP contribution in [0.25, 0.3) is 0 Å². The second kappa shape index (κ2) is 5.72. The van der Waals surface area contributed by atoms with E-state index in [1.165, 1.54) is 6.07 Å². The van der Waals surface area contributed by atoms with Crippen LogP contribution in [0.3, 0.4) is 0 Å². The van der Waals surface area contributed by atoms with Crippen molar-refractivity contribution < 1.29 is 8.60 Å². The van der Waals surface area contributed by atoms with Crippen molar-refractivity contribution in [3.05, 3.63) is 33.1 Å². The molecule has 2 aliphatic rings. The Balaban J connectivity index is 2.10. The van der Waals surface area contributed by atoms with E-state index < -0.39 is 15.8 Å². The number of rotatable bonds is 1. The van der Waals surface area contributed by atoms with Crippen molar-refractivity contribution in [2.75, 3.05) is 18.8 Å². The van der Waals surface area contributed by atoms with Gasteiger partial charge < -0.3 is 5.73 Å². The molecular formula is C14H20FIN4OS. The van der Waals surface area contributed by atoms with Crippen molar-refractivity contribution in [3.63, 3.8) is 0 Å². The van der Waals surface area contributed by atoms with E-state index in [0.29, 0.717) is 18.7 Å². The molecule has 2 heterocycles. The van der Waals surface area contributed by atoms with E-state index in [1.807, 2.05) is 0 Å². The topological polar surface area (TPSA) is 70.7 Å². The molecule has 3 rings (SSSR count). The molecule has 22 heavy (non-hydrogen) atoms. The third kappa shape index (κ3) is 2.76. The molecule has 0 radical (unpaired) electrons. The molecule has 0 amide bonds. The van der Waals surface area contributed by atoms with Gasteiger partial charge in [-0.25, -0.2) is 14.1 Å². The number of hydrogen-bond donors (Lipinski definition) is 3. The van der Waals surface area contributed by atoms with Gasteiger partial charge in [0.05, 0.1) is 5.75 Å². The summed E-state index contributed by atoms with van der Waals surface area (Å²) >= 11 is 2.14. The minimum atomic E-state index is -2.88. The number of guanidine groups is 1. The fourth-order valence-electron chi connectivity index (χ4n) is 3.13. The molecular weight excluding hydrogens is 418 g/mol. The second-order valence-electron chi connectivity index (χ2n) is 5.97. The Bertz CT molecular complexity index is 683. The van der Waals surface area contributed by atoms with E-state index in [9.17, 15) is 8.60 Å². The molecule has 0 aliphatic carbocycles. The highest BCUT2D eigenvalue weighted by atomic mass is 127. The molecule has 1 aromatic carbocycles. The molecule has 2 aliphatic heterocycles. The van der Waals surface area contributed by atoms with E-state index in [1.54, 1.807) is 23.4 Å². The summed E-state index contributed by atoms with van der Waals surface area (Å²) in [5.74, 6) is 0.150. The lowest BCUT2D eigenvalue weighted by atomic mass is 9.94. The van der Waals surface area contributed by atoms with Crippen molar-refractivity contribution in [2.24, 2.45) is 10.7 Å². The average Bonchev–Trinajstić information content (AvgIpc) is 2.62. The van der Waals surface area contributed by atoms with Crippen molar-refractivity contribution >= 4 is 38.9 Å². The molecule has 8 heteroatoms. The lowest BCUT2D eigenvalue weighted by Gasteiger charge is -2.45. The zero-order valence-corrected chi connectivity index (χ0v) is 15.4. The third-order valence-corrected chi connectivity index (χ3v) is 7.82. The maximum absolute atomic E-state index is 14.3. The number of benzene rings is 1. The minimum Gasteiger partial charge on any atom is -0.369 e. The summed E-state index contributed by atoms with van der Waals surface area (Å²) in [5.41, 5.74) is 5.61. The smallest absolute Gasteiger partial charge is 0.203 e. The highest BCUT2D eigenvalue weighted by molar-refractivity contribution is 14.1. The molecule has 0 spiro atoms. The van der Waals surface area contributed by atoms with E-state index in [-0.39, 0.29) is 17.5 Å². The summed E-state index contributed by atoms with van der Waals surface area (Å²) in [6, 6.07) is 4.89. The number of aliphatic imine (C=N–C) groups is 1. The van der Waals surface area contributed by atoms with Crippen LogP contribution in [0.5, 0.6) is 0 Å². The van der Waals surface area contributed by atoms with E-state index >= 15 is 0 Å². The van der Waals surface area contributed by atoms with Crippen LogP contribution in [-0.4, -0.2) is 33.3 Å². The molecule has 1 atom stereocenters. The Morgan fingerprint density at radius 1 is 1.50 bits per heavy atom. The number of nitrogens with one attached hydrogen (secondary N) is 1. The first kappa shape index (κ1) is 16.1. The summed E-state index contributed by atoms with van der Waals surface area (Å²) in [5, 5.41) is 0. The van der Waals surface area contributed by atoms with Crippen molar-refractivity contribution in [1.82, 2.24) is 9.03 Å². The van der Waals surface area contributed by atoms with Crippen LogP contribution in [0.1, 0.15) is 25.3 Å². The normalized spacial score (nSPS) is 29.2. The van der Waals surface area contributed by atoms with Gasteiger partial charge in [0.2, 0.25) is 5.96 Å². The largest absolute Gasteiger partial charge is 0.369 e. The lowest BCUT2D eigenvalue weighted by molar-refractivity contribution is 0.459. The third-order valence-electron chi connectivity index (χ3n) is 4.20. The Kier molecular flexibility index (Phi) is 4.19. The van der Waals surface area contributed by atoms with Gasteiger partial charge in [-0.2, -0.15) is 0 Å². The monoisotopic (exact) mass is 438 g/mol. The van der Waals surface area contributed by atoms with Gasteiger partial charge in [0.1, 0.15) is 11.4 Å². The zero-order valence-electron chi connectivity index (χ0n) is 12.4. The fourth-order valence-corrected chi connectivity index (χ4v) is 6.50. The molecule has 1 saturated heterocycles. The highest BCUT2D eigenvalue weighted by Crippen LogP contribution is 2.36. The predicted octanol–water partition coefficient (Wildman–Crippen LogP) is 1.51. The van der Waals surface area contributed by atoms with Gasteiger partial charge in [0.25, 0.3) is 0 Å². The number of nitrogens with zero attached hydrogens (tertiary/aromatic N) is 2. The summed E-state index contributed by atoms with van der Waals surface area (Å²) in [4.78, 5) is 4.52. The van der Waals surface area contributed by atoms with Crippen LogP contribution < -0.4 is 10.5 Å². The van der Waals surface area contributed by atoms with Crippen molar-refractivity contribution in [1.29, 1.82) is 0 Å². The van der Waals surface area contributed by atoms with Gasteiger partial charge in [0, 0.05) is 32.5 Å². The molecule has 3 N–H and O–H groups in total. The van der Waals surface area contributed by atoms with Gasteiger partial charge in [-0.15, -0.1) is 0 Å². The first-order chi connectivity index (χ1) is 10.3. The number of thiol groups is 1. The number of hydrogen-bond acceptors (Lipinski definition) is 3. The van der Waals surface area contributed by atoms with Crippen LogP contribution in [0.15, 0.2) is 23.2 Å². The standard InChI is InChI=1S/C14H20FIN4OS/c1-14(11-8-10(16)4-5-12(11)15)9-22(21)18-6-2-3-7-20(22)13(17)19-14/h4-5,8,22H,2-3,6-7,9H2,1H3,(H2,17,19)(H,18,21)/t14-/m0/s1. The molecule has 0 unspecified atom stereocenters. The highest BCUT2D eigenvalue weighted by Gasteiger charge is 2.43. The fraction of sp³-hybridized carbons (Fsp3) is 0.500. The molecule has 0 aromatic heterocycles. The van der Waals surface area contributed by atoms with Crippen LogP contribution in [0.2, 0.25) is 0 Å². The number of nitrogens with two attached hydrogens (primary N) is 1. The maximum Gasteiger partial charge on any atom is 0.203 e. The quantitative estimate of drug-likeness (QED) is 0.460. The second-order valence-corrected chi connectivity index (χ2v) is 9.73. The van der Waals surface area contributed by atoms with Gasteiger partial charge in [-0.1, -0.05) is 0 Å². The van der Waals surface area contributed by atoms with Crippen LogP contribution in [-0.2, 0) is 15.8 Å². The van der Waals surface area contributed by atoms with Crippen LogP contribution in [0, 0.1) is 9.39 Å². The van der Waals surface area contributed by atoms with Gasteiger partial charge in [-0.3, -0.25) is 8.51 Å². The van der Waals surface area contributed by atoms with Crippen molar-refractivity contribution in [3.8, 4) is 0 Å². The first-order valence-electron chi connectivity index (χ1n) is 7.27. The lowest BCUT2D eigenvalue weighted by Crippen LogP contribution is -2.60. The zero-order chi connectivity index (χ0) is 16.0. The molecule has 1 aromatic rings. The predicted molar refractivity (Wildman–Crippen MR) is 96.4 cm³/mol. The SMILES string of the molecule is C[C@@]1(c2cc(I)ccc2F)C[SH]2(=O)NCCCCN2C(N)=N1. The molecule has 1 fully saturated rings. The van der Waals surface area contributed by atoms with Gasteiger partial charge in [-0.05, 0) is 60.6 Å². The minimum absolute atomic E-state index is 0.241. The summed E-state index contributed by atoms with van der Waals surface area (Å²) in [6.45, 7) is 3.12. The molecule has 0 bridgehead atoms. The number of fused-ring (bicyclic) bond motifs is 1. The Morgan fingerprint density at radius 2 is 2.27 bits per heavy atom. The maximum atomic E-state index is 14.3. The van der Waals surface area contributed by atoms with Crippen molar-refractivity contribution in [2.45, 2.75) is 25.3 Å². The Morgan fingerprint density at radius 3 is 3.05 bits per heavy atom. The summed E-state index contributed by atoms with van der Waals surface area (Å²) < 4.78 is 33.4. The van der Waals surface area contributed by atoms with Crippen LogP contribution >= 0.6 is 22.6 Å². The van der Waals surface area contributed by atoms with Crippen LogP contribution in [0.4, 0.5) is 4.39 Å². The summed E-state index contributed by atoms with van der Waals surface area (Å²) in [7, 11) is -2.88. The molecule has 0 saturated carbocycles. The Labute approximate surface area is 144 Å². The first-order valence-corrected chi connectivity index (χ1v) is 10.2. The summed E-state index contributed by atoms with van der Waals surface area (Å²) in [6.07, 6.45) is 1.86. The molecule has 122 valence electrons. The van der Waals surface area contributed by atoms with Gasteiger partial charge >= 0.3 is 0 Å². The van der Waals surface area contributed by atoms with E-state index in [4.69, 9.17) is 5.73 Å². The molecule has 5 nitrogen and oxygen atoms in total. The Hall–Kier alpha value is -0.740. The number of halogens is 2. The average molecular weight is 438 g/mol. The van der Waals surface area contributed by atoms with E-state index in [0.717, 1.165) is 16.4 Å². The van der Waals surface area contributed by atoms with E-state index in [2.05, 4.69) is 32.3 Å². The van der Waals surface area contributed by atoms with Gasteiger partial charge in [0.15, 0.2) is 0 Å².